The number of piperidine rings is 1. The minimum absolute atomic E-state index is 0.0141. The predicted octanol–water partition coefficient (Wildman–Crippen LogP) is 5.09. The number of hydrogen-bond donors (Lipinski definition) is 0. The number of hydrogen-bond acceptors (Lipinski definition) is 6. The minimum Gasteiger partial charge on any atom is -0.497 e. The van der Waals surface area contributed by atoms with Crippen LogP contribution in [0.25, 0.3) is 11.3 Å². The molecule has 34 heavy (non-hydrogen) atoms. The average Bonchev–Trinajstić information content (AvgIpc) is 3.54. The summed E-state index contributed by atoms with van der Waals surface area (Å²) in [7, 11) is 1.60. The molecule has 5 rings (SSSR count). The number of carbonyl (C=O) groups is 1. The fourth-order valence-corrected chi connectivity index (χ4v) is 4.25. The van der Waals surface area contributed by atoms with Crippen LogP contribution in [0.2, 0.25) is 0 Å². The maximum atomic E-state index is 13.5. The predicted molar refractivity (Wildman–Crippen MR) is 122 cm³/mol. The molecule has 1 saturated heterocycles. The summed E-state index contributed by atoms with van der Waals surface area (Å²) < 4.78 is 30.1. The van der Waals surface area contributed by atoms with Crippen molar-refractivity contribution in [3.05, 3.63) is 89.6 Å². The lowest BCUT2D eigenvalue weighted by atomic mass is 9.97. The normalized spacial score (nSPS) is 15.9. The van der Waals surface area contributed by atoms with E-state index < -0.39 is 0 Å². The number of likely N-dealkylation sites (tertiary alicyclic amines) is 1. The number of ether oxygens (including phenoxy) is 1. The molecule has 1 aliphatic heterocycles. The molecule has 1 fully saturated rings. The number of amides is 1. The molecule has 1 atom stereocenters. The Morgan fingerprint density at radius 1 is 1.21 bits per heavy atom. The SMILES string of the molecule is COc1cccc(-c2cc(C(=O)N3CCC[C@@H](c4ncc(Cc5cccc(F)c5)o4)C3)on2)c1. The lowest BCUT2D eigenvalue weighted by Crippen LogP contribution is -2.39. The van der Waals surface area contributed by atoms with Gasteiger partial charge in [-0.1, -0.05) is 29.4 Å². The molecular weight excluding hydrogens is 437 g/mol. The number of carbonyl (C=O) groups excluding carboxylic acids is 1. The third-order valence-corrected chi connectivity index (χ3v) is 5.98. The van der Waals surface area contributed by atoms with E-state index >= 15 is 0 Å². The summed E-state index contributed by atoms with van der Waals surface area (Å²) in [5.41, 5.74) is 2.20. The van der Waals surface area contributed by atoms with Crippen molar-refractivity contribution in [2.45, 2.75) is 25.2 Å². The van der Waals surface area contributed by atoms with Gasteiger partial charge in [0.25, 0.3) is 5.91 Å². The van der Waals surface area contributed by atoms with E-state index in [9.17, 15) is 9.18 Å². The smallest absolute Gasteiger partial charge is 0.292 e. The Labute approximate surface area is 196 Å². The van der Waals surface area contributed by atoms with E-state index in [-0.39, 0.29) is 23.4 Å². The second-order valence-corrected chi connectivity index (χ2v) is 8.37. The first-order valence-electron chi connectivity index (χ1n) is 11.2. The molecular formula is C26H24FN3O4. The zero-order valence-electron chi connectivity index (χ0n) is 18.7. The molecule has 0 N–H and O–H groups in total. The number of rotatable bonds is 6. The summed E-state index contributed by atoms with van der Waals surface area (Å²) in [6.45, 7) is 1.11. The first-order valence-corrected chi connectivity index (χ1v) is 11.2. The number of nitrogens with zero attached hydrogens (tertiary/aromatic N) is 3. The molecule has 2 aromatic carbocycles. The summed E-state index contributed by atoms with van der Waals surface area (Å²) >= 11 is 0. The zero-order chi connectivity index (χ0) is 23.5. The molecule has 1 aliphatic rings. The largest absolute Gasteiger partial charge is 0.497 e. The van der Waals surface area contributed by atoms with Gasteiger partial charge in [0.1, 0.15) is 23.0 Å². The first-order chi connectivity index (χ1) is 16.6. The van der Waals surface area contributed by atoms with Crippen molar-refractivity contribution in [3.8, 4) is 17.0 Å². The quantitative estimate of drug-likeness (QED) is 0.398. The van der Waals surface area contributed by atoms with Crippen LogP contribution in [0, 0.1) is 5.82 Å². The molecule has 174 valence electrons. The van der Waals surface area contributed by atoms with Crippen molar-refractivity contribution < 1.29 is 22.9 Å². The summed E-state index contributed by atoms with van der Waals surface area (Å²) in [5.74, 6) is 1.66. The van der Waals surface area contributed by atoms with Crippen LogP contribution in [0.4, 0.5) is 4.39 Å². The highest BCUT2D eigenvalue weighted by Gasteiger charge is 2.30. The van der Waals surface area contributed by atoms with Gasteiger partial charge in [0, 0.05) is 31.1 Å². The van der Waals surface area contributed by atoms with Crippen molar-refractivity contribution in [2.24, 2.45) is 0 Å². The zero-order valence-corrected chi connectivity index (χ0v) is 18.7. The lowest BCUT2D eigenvalue weighted by Gasteiger charge is -2.30. The second kappa shape index (κ2) is 9.51. The monoisotopic (exact) mass is 461 g/mol. The van der Waals surface area contributed by atoms with Gasteiger partial charge in [0.2, 0.25) is 5.76 Å². The Hall–Kier alpha value is -3.94. The van der Waals surface area contributed by atoms with E-state index in [0.29, 0.717) is 42.6 Å². The van der Waals surface area contributed by atoms with E-state index in [1.54, 1.807) is 30.3 Å². The molecule has 0 radical (unpaired) electrons. The van der Waals surface area contributed by atoms with Gasteiger partial charge in [-0.25, -0.2) is 9.37 Å². The van der Waals surface area contributed by atoms with Crippen LogP contribution in [-0.2, 0) is 6.42 Å². The highest BCUT2D eigenvalue weighted by Crippen LogP contribution is 2.29. The number of benzene rings is 2. The van der Waals surface area contributed by atoms with E-state index in [0.717, 1.165) is 24.0 Å². The molecule has 4 aromatic rings. The van der Waals surface area contributed by atoms with Crippen molar-refractivity contribution in [1.82, 2.24) is 15.0 Å². The standard InChI is InChI=1S/C26H24FN3O4/c1-32-21-9-3-6-18(13-21)23-14-24(34-29-23)26(31)30-10-4-7-19(16-30)25-28-15-22(33-25)12-17-5-2-8-20(27)11-17/h2-3,5-6,8-9,11,13-15,19H,4,7,10,12,16H2,1H3/t19-/m1/s1. The topological polar surface area (TPSA) is 81.6 Å². The van der Waals surface area contributed by atoms with Crippen LogP contribution < -0.4 is 4.74 Å². The van der Waals surface area contributed by atoms with Gasteiger partial charge in [-0.2, -0.15) is 0 Å². The summed E-state index contributed by atoms with van der Waals surface area (Å²) in [6.07, 6.45) is 3.84. The third kappa shape index (κ3) is 4.71. The van der Waals surface area contributed by atoms with Crippen LogP contribution in [-0.4, -0.2) is 41.1 Å². The Morgan fingerprint density at radius 3 is 2.94 bits per heavy atom. The van der Waals surface area contributed by atoms with Gasteiger partial charge in [-0.05, 0) is 42.7 Å². The van der Waals surface area contributed by atoms with Crippen molar-refractivity contribution >= 4 is 5.91 Å². The van der Waals surface area contributed by atoms with E-state index in [1.165, 1.54) is 12.1 Å². The summed E-state index contributed by atoms with van der Waals surface area (Å²) in [4.78, 5) is 19.3. The van der Waals surface area contributed by atoms with Gasteiger partial charge in [0.05, 0.1) is 19.2 Å². The van der Waals surface area contributed by atoms with Gasteiger partial charge in [-0.3, -0.25) is 4.79 Å². The first kappa shape index (κ1) is 21.9. The fourth-order valence-electron chi connectivity index (χ4n) is 4.25. The third-order valence-electron chi connectivity index (χ3n) is 5.98. The lowest BCUT2D eigenvalue weighted by molar-refractivity contribution is 0.0656. The second-order valence-electron chi connectivity index (χ2n) is 8.37. The Balaban J connectivity index is 1.26. The van der Waals surface area contributed by atoms with Gasteiger partial charge in [0.15, 0.2) is 5.89 Å². The van der Waals surface area contributed by atoms with Crippen LogP contribution >= 0.6 is 0 Å². The van der Waals surface area contributed by atoms with Gasteiger partial charge >= 0.3 is 0 Å². The molecule has 0 aliphatic carbocycles. The highest BCUT2D eigenvalue weighted by atomic mass is 19.1. The maximum Gasteiger partial charge on any atom is 0.292 e. The van der Waals surface area contributed by atoms with Crippen molar-refractivity contribution in [2.75, 3.05) is 20.2 Å². The van der Waals surface area contributed by atoms with E-state index in [4.69, 9.17) is 13.7 Å². The highest BCUT2D eigenvalue weighted by molar-refractivity contribution is 5.92. The van der Waals surface area contributed by atoms with Crippen LogP contribution in [0.5, 0.6) is 5.75 Å². The number of halogens is 1. The summed E-state index contributed by atoms with van der Waals surface area (Å²) in [5, 5.41) is 4.07. The molecule has 3 heterocycles. The molecule has 1 amide bonds. The fraction of sp³-hybridized carbons (Fsp3) is 0.269. The van der Waals surface area contributed by atoms with Gasteiger partial charge < -0.3 is 18.6 Å². The molecule has 0 unspecified atom stereocenters. The van der Waals surface area contributed by atoms with Crippen molar-refractivity contribution in [1.29, 1.82) is 0 Å². The van der Waals surface area contributed by atoms with Crippen LogP contribution in [0.3, 0.4) is 0 Å². The van der Waals surface area contributed by atoms with Crippen LogP contribution in [0.15, 0.2) is 69.7 Å². The number of oxazole rings is 1. The Kier molecular flexibility index (Phi) is 6.12. The molecule has 7 nitrogen and oxygen atoms in total. The van der Waals surface area contributed by atoms with Crippen LogP contribution in [0.1, 0.15) is 46.5 Å². The number of methoxy groups -OCH3 is 1. The Bertz CT molecular complexity index is 1300. The molecule has 8 heteroatoms. The molecule has 2 aromatic heterocycles. The average molecular weight is 461 g/mol. The minimum atomic E-state index is -0.277. The van der Waals surface area contributed by atoms with E-state index in [2.05, 4.69) is 10.1 Å². The molecule has 0 bridgehead atoms. The molecule has 0 saturated carbocycles. The molecule has 0 spiro atoms. The van der Waals surface area contributed by atoms with Gasteiger partial charge in [-0.15, -0.1) is 0 Å². The maximum absolute atomic E-state index is 13.5. The summed E-state index contributed by atoms with van der Waals surface area (Å²) in [6, 6.07) is 15.5. The number of aromatic nitrogens is 2. The van der Waals surface area contributed by atoms with E-state index in [1.807, 2.05) is 30.3 Å². The Morgan fingerprint density at radius 2 is 2.09 bits per heavy atom. The van der Waals surface area contributed by atoms with Crippen molar-refractivity contribution in [3.63, 3.8) is 0 Å².